The predicted octanol–water partition coefficient (Wildman–Crippen LogP) is 3.85. The summed E-state index contributed by atoms with van der Waals surface area (Å²) in [7, 11) is 2.11. The zero-order valence-electron chi connectivity index (χ0n) is 13.3. The third-order valence-corrected chi connectivity index (χ3v) is 4.52. The largest absolute Gasteiger partial charge is 0.379 e. The molecule has 0 radical (unpaired) electrons. The Balaban J connectivity index is 2.49. The van der Waals surface area contributed by atoms with E-state index in [9.17, 15) is 0 Å². The molecule has 0 aliphatic heterocycles. The summed E-state index contributed by atoms with van der Waals surface area (Å²) in [5, 5.41) is 3.51. The van der Waals surface area contributed by atoms with E-state index in [2.05, 4.69) is 47.0 Å². The SMILES string of the molecule is CNC1CCC(C(C)(C)C)CC1CCOC(C)C. The fraction of sp³-hybridized carbons (Fsp3) is 1.00. The van der Waals surface area contributed by atoms with Crippen LogP contribution in [0.3, 0.4) is 0 Å². The van der Waals surface area contributed by atoms with E-state index in [1.165, 1.54) is 25.7 Å². The van der Waals surface area contributed by atoms with Gasteiger partial charge in [-0.1, -0.05) is 20.8 Å². The first-order valence-electron chi connectivity index (χ1n) is 7.63. The van der Waals surface area contributed by atoms with Crippen LogP contribution in [0.15, 0.2) is 0 Å². The van der Waals surface area contributed by atoms with Crippen LogP contribution in [0.25, 0.3) is 0 Å². The van der Waals surface area contributed by atoms with Crippen molar-refractivity contribution in [1.29, 1.82) is 0 Å². The van der Waals surface area contributed by atoms with Crippen molar-refractivity contribution in [3.05, 3.63) is 0 Å². The number of nitrogens with one attached hydrogen (secondary N) is 1. The molecule has 1 aliphatic rings. The highest BCUT2D eigenvalue weighted by Gasteiger charge is 2.34. The van der Waals surface area contributed by atoms with Gasteiger partial charge >= 0.3 is 0 Å². The molecule has 18 heavy (non-hydrogen) atoms. The van der Waals surface area contributed by atoms with Crippen LogP contribution < -0.4 is 5.32 Å². The second-order valence-electron chi connectivity index (χ2n) is 7.24. The average Bonchev–Trinajstić information content (AvgIpc) is 2.27. The summed E-state index contributed by atoms with van der Waals surface area (Å²) < 4.78 is 5.73. The van der Waals surface area contributed by atoms with Crippen molar-refractivity contribution in [1.82, 2.24) is 5.32 Å². The Labute approximate surface area is 114 Å². The summed E-state index contributed by atoms with van der Waals surface area (Å²) in [6.07, 6.45) is 5.62. The van der Waals surface area contributed by atoms with E-state index < -0.39 is 0 Å². The zero-order chi connectivity index (χ0) is 13.8. The maximum Gasteiger partial charge on any atom is 0.0518 e. The smallest absolute Gasteiger partial charge is 0.0518 e. The third kappa shape index (κ3) is 4.89. The molecule has 108 valence electrons. The molecule has 1 saturated carbocycles. The molecule has 0 heterocycles. The van der Waals surface area contributed by atoms with Crippen LogP contribution in [0.5, 0.6) is 0 Å². The molecule has 3 atom stereocenters. The van der Waals surface area contributed by atoms with E-state index in [1.807, 2.05) is 0 Å². The van der Waals surface area contributed by atoms with Gasteiger partial charge in [0.2, 0.25) is 0 Å². The highest BCUT2D eigenvalue weighted by Crippen LogP contribution is 2.41. The third-order valence-electron chi connectivity index (χ3n) is 4.52. The number of hydrogen-bond donors (Lipinski definition) is 1. The number of rotatable bonds is 5. The maximum absolute atomic E-state index is 5.73. The lowest BCUT2D eigenvalue weighted by Crippen LogP contribution is -2.42. The van der Waals surface area contributed by atoms with Crippen molar-refractivity contribution < 1.29 is 4.74 Å². The Morgan fingerprint density at radius 2 is 1.89 bits per heavy atom. The Hall–Kier alpha value is -0.0800. The maximum atomic E-state index is 5.73. The lowest BCUT2D eigenvalue weighted by Gasteiger charge is -2.42. The van der Waals surface area contributed by atoms with Gasteiger partial charge in [0.05, 0.1) is 6.10 Å². The molecule has 1 fully saturated rings. The molecular formula is C16H33NO. The summed E-state index contributed by atoms with van der Waals surface area (Å²) in [4.78, 5) is 0. The molecule has 3 unspecified atom stereocenters. The summed E-state index contributed by atoms with van der Waals surface area (Å²) in [5.41, 5.74) is 0.454. The summed E-state index contributed by atoms with van der Waals surface area (Å²) >= 11 is 0. The normalized spacial score (nSPS) is 29.8. The highest BCUT2D eigenvalue weighted by atomic mass is 16.5. The molecule has 0 bridgehead atoms. The van der Waals surface area contributed by atoms with Crippen LogP contribution in [0.2, 0.25) is 0 Å². The zero-order valence-corrected chi connectivity index (χ0v) is 13.3. The highest BCUT2D eigenvalue weighted by molar-refractivity contribution is 4.88. The molecule has 1 aliphatic carbocycles. The molecule has 2 heteroatoms. The van der Waals surface area contributed by atoms with Crippen LogP contribution in [0.4, 0.5) is 0 Å². The second kappa shape index (κ2) is 6.91. The lowest BCUT2D eigenvalue weighted by atomic mass is 9.67. The number of hydrogen-bond acceptors (Lipinski definition) is 2. The van der Waals surface area contributed by atoms with E-state index in [0.717, 1.165) is 18.4 Å². The molecule has 1 rings (SSSR count). The average molecular weight is 255 g/mol. The van der Waals surface area contributed by atoms with Gasteiger partial charge in [0.25, 0.3) is 0 Å². The molecule has 0 aromatic carbocycles. The van der Waals surface area contributed by atoms with Crippen molar-refractivity contribution in [2.24, 2.45) is 17.3 Å². The van der Waals surface area contributed by atoms with E-state index in [4.69, 9.17) is 4.74 Å². The molecule has 0 aromatic heterocycles. The first-order chi connectivity index (χ1) is 8.34. The Morgan fingerprint density at radius 1 is 1.22 bits per heavy atom. The van der Waals surface area contributed by atoms with Crippen LogP contribution in [-0.2, 0) is 4.74 Å². The molecule has 2 nitrogen and oxygen atoms in total. The van der Waals surface area contributed by atoms with E-state index in [0.29, 0.717) is 17.6 Å². The summed E-state index contributed by atoms with van der Waals surface area (Å²) in [5.74, 6) is 1.65. The van der Waals surface area contributed by atoms with Gasteiger partial charge in [-0.15, -0.1) is 0 Å². The van der Waals surface area contributed by atoms with Crippen LogP contribution in [0.1, 0.15) is 60.3 Å². The van der Waals surface area contributed by atoms with Gasteiger partial charge in [0.15, 0.2) is 0 Å². The van der Waals surface area contributed by atoms with Crippen molar-refractivity contribution in [3.63, 3.8) is 0 Å². The van der Waals surface area contributed by atoms with Crippen molar-refractivity contribution in [2.45, 2.75) is 72.4 Å². The van der Waals surface area contributed by atoms with E-state index in [-0.39, 0.29) is 0 Å². The summed E-state index contributed by atoms with van der Waals surface area (Å²) in [6, 6.07) is 0.694. The van der Waals surface area contributed by atoms with Gasteiger partial charge in [0.1, 0.15) is 0 Å². The van der Waals surface area contributed by atoms with Gasteiger partial charge in [-0.2, -0.15) is 0 Å². The molecule has 0 saturated heterocycles. The van der Waals surface area contributed by atoms with Gasteiger partial charge in [-0.25, -0.2) is 0 Å². The van der Waals surface area contributed by atoms with Crippen LogP contribution in [-0.4, -0.2) is 25.8 Å². The molecule has 0 amide bonds. The minimum absolute atomic E-state index is 0.361. The monoisotopic (exact) mass is 255 g/mol. The van der Waals surface area contributed by atoms with Crippen molar-refractivity contribution >= 4 is 0 Å². The first-order valence-corrected chi connectivity index (χ1v) is 7.63. The van der Waals surface area contributed by atoms with Gasteiger partial charge in [0, 0.05) is 12.6 Å². The molecule has 1 N–H and O–H groups in total. The van der Waals surface area contributed by atoms with Gasteiger partial charge < -0.3 is 10.1 Å². The Morgan fingerprint density at radius 3 is 2.39 bits per heavy atom. The predicted molar refractivity (Wildman–Crippen MR) is 78.8 cm³/mol. The minimum atomic E-state index is 0.361. The van der Waals surface area contributed by atoms with Crippen LogP contribution in [0, 0.1) is 17.3 Å². The standard InChI is InChI=1S/C16H33NO/c1-12(2)18-10-9-13-11-14(16(3,4)5)7-8-15(13)17-6/h12-15,17H,7-11H2,1-6H3. The molecule has 0 spiro atoms. The van der Waals surface area contributed by atoms with Gasteiger partial charge in [-0.05, 0) is 63.8 Å². The fourth-order valence-electron chi connectivity index (χ4n) is 3.20. The first kappa shape index (κ1) is 16.0. The molecular weight excluding hydrogens is 222 g/mol. The lowest BCUT2D eigenvalue weighted by molar-refractivity contribution is 0.0457. The van der Waals surface area contributed by atoms with Gasteiger partial charge in [-0.3, -0.25) is 0 Å². The Kier molecular flexibility index (Phi) is 6.13. The van der Waals surface area contributed by atoms with E-state index in [1.54, 1.807) is 0 Å². The molecule has 0 aromatic rings. The van der Waals surface area contributed by atoms with Crippen molar-refractivity contribution in [2.75, 3.05) is 13.7 Å². The fourth-order valence-corrected chi connectivity index (χ4v) is 3.20. The second-order valence-corrected chi connectivity index (χ2v) is 7.24. The Bertz CT molecular complexity index is 232. The minimum Gasteiger partial charge on any atom is -0.379 e. The van der Waals surface area contributed by atoms with Crippen LogP contribution >= 0.6 is 0 Å². The van der Waals surface area contributed by atoms with Crippen molar-refractivity contribution in [3.8, 4) is 0 Å². The quantitative estimate of drug-likeness (QED) is 0.805. The van der Waals surface area contributed by atoms with E-state index >= 15 is 0 Å². The topological polar surface area (TPSA) is 21.3 Å². The number of ether oxygens (including phenoxy) is 1. The summed E-state index contributed by atoms with van der Waals surface area (Å²) in [6.45, 7) is 12.3.